The summed E-state index contributed by atoms with van der Waals surface area (Å²) in [5, 5.41) is 15.5. The lowest BCUT2D eigenvalue weighted by Gasteiger charge is -2.20. The van der Waals surface area contributed by atoms with Crippen LogP contribution in [0.3, 0.4) is 0 Å². The van der Waals surface area contributed by atoms with Gasteiger partial charge in [-0.2, -0.15) is 0 Å². The Balaban J connectivity index is 2.10. The molecule has 2 amide bonds. The highest BCUT2D eigenvalue weighted by molar-refractivity contribution is 5.98. The van der Waals surface area contributed by atoms with Gasteiger partial charge in [0.05, 0.1) is 6.42 Å². The summed E-state index contributed by atoms with van der Waals surface area (Å²) in [5.74, 6) is -1.27. The molecule has 6 heteroatoms. The number of rotatable bonds is 4. The van der Waals surface area contributed by atoms with Gasteiger partial charge in [0.2, 0.25) is 5.91 Å². The van der Waals surface area contributed by atoms with E-state index in [4.69, 9.17) is 0 Å². The fourth-order valence-corrected chi connectivity index (χ4v) is 2.47. The third-order valence-electron chi connectivity index (χ3n) is 3.59. The molecule has 0 aliphatic carbocycles. The SMILES string of the molecule is Cc1cc(F)cc(CC(=O)Nc2cccc(C(=O)NC(C)(C)C)c2)c1O. The fraction of sp³-hybridized carbons (Fsp3) is 0.300. The molecule has 2 aromatic carbocycles. The van der Waals surface area contributed by atoms with Crippen molar-refractivity contribution in [2.45, 2.75) is 39.7 Å². The molecule has 0 saturated heterocycles. The van der Waals surface area contributed by atoms with Crippen LogP contribution in [0, 0.1) is 12.7 Å². The zero-order valence-electron chi connectivity index (χ0n) is 15.3. The van der Waals surface area contributed by atoms with Crippen molar-refractivity contribution >= 4 is 17.5 Å². The summed E-state index contributed by atoms with van der Waals surface area (Å²) in [6.07, 6.45) is -0.178. The average Bonchev–Trinajstić information content (AvgIpc) is 2.50. The number of benzene rings is 2. The zero-order chi connectivity index (χ0) is 19.5. The van der Waals surface area contributed by atoms with Gasteiger partial charge in [0, 0.05) is 22.4 Å². The first kappa shape index (κ1) is 19.4. The number of phenols is 1. The van der Waals surface area contributed by atoms with Crippen molar-refractivity contribution in [3.63, 3.8) is 0 Å². The van der Waals surface area contributed by atoms with Crippen molar-refractivity contribution in [3.05, 3.63) is 58.9 Å². The molecule has 2 rings (SSSR count). The van der Waals surface area contributed by atoms with Gasteiger partial charge in [-0.15, -0.1) is 0 Å². The molecule has 138 valence electrons. The Labute approximate surface area is 152 Å². The molecule has 0 unspecified atom stereocenters. The second-order valence-corrected chi connectivity index (χ2v) is 7.24. The topological polar surface area (TPSA) is 78.4 Å². The molecule has 0 aromatic heterocycles. The molecule has 0 radical (unpaired) electrons. The molecule has 26 heavy (non-hydrogen) atoms. The maximum Gasteiger partial charge on any atom is 0.251 e. The number of hydrogen-bond donors (Lipinski definition) is 3. The van der Waals surface area contributed by atoms with Crippen molar-refractivity contribution in [3.8, 4) is 5.75 Å². The minimum atomic E-state index is -0.510. The molecule has 0 atom stereocenters. The second-order valence-electron chi connectivity index (χ2n) is 7.24. The van der Waals surface area contributed by atoms with Gasteiger partial charge in [-0.25, -0.2) is 4.39 Å². The van der Waals surface area contributed by atoms with E-state index in [0.717, 1.165) is 6.07 Å². The second kappa shape index (κ2) is 7.56. The molecule has 0 heterocycles. The van der Waals surface area contributed by atoms with Crippen LogP contribution in [0.1, 0.15) is 42.3 Å². The third kappa shape index (κ3) is 5.31. The number of carbonyl (C=O) groups excluding carboxylic acids is 2. The van der Waals surface area contributed by atoms with E-state index in [2.05, 4.69) is 10.6 Å². The van der Waals surface area contributed by atoms with E-state index in [9.17, 15) is 19.1 Å². The van der Waals surface area contributed by atoms with Gasteiger partial charge in [0.25, 0.3) is 5.91 Å². The molecular weight excluding hydrogens is 335 g/mol. The summed E-state index contributed by atoms with van der Waals surface area (Å²) in [7, 11) is 0. The number of phenolic OH excluding ortho intramolecular Hbond substituents is 1. The molecule has 0 fully saturated rings. The van der Waals surface area contributed by atoms with Crippen molar-refractivity contribution in [2.75, 3.05) is 5.32 Å². The van der Waals surface area contributed by atoms with Crippen LogP contribution in [-0.2, 0) is 11.2 Å². The van der Waals surface area contributed by atoms with E-state index < -0.39 is 11.7 Å². The van der Waals surface area contributed by atoms with Crippen LogP contribution in [-0.4, -0.2) is 22.5 Å². The fourth-order valence-electron chi connectivity index (χ4n) is 2.47. The van der Waals surface area contributed by atoms with Gasteiger partial charge in [-0.3, -0.25) is 9.59 Å². The number of halogens is 1. The van der Waals surface area contributed by atoms with Crippen molar-refractivity contribution < 1.29 is 19.1 Å². The average molecular weight is 358 g/mol. The van der Waals surface area contributed by atoms with Crippen LogP contribution >= 0.6 is 0 Å². The van der Waals surface area contributed by atoms with Gasteiger partial charge in [-0.1, -0.05) is 6.07 Å². The smallest absolute Gasteiger partial charge is 0.251 e. The molecule has 0 saturated carbocycles. The maximum absolute atomic E-state index is 13.5. The molecule has 5 nitrogen and oxygen atoms in total. The van der Waals surface area contributed by atoms with Crippen LogP contribution in [0.15, 0.2) is 36.4 Å². The van der Waals surface area contributed by atoms with Gasteiger partial charge >= 0.3 is 0 Å². The van der Waals surface area contributed by atoms with Crippen LogP contribution < -0.4 is 10.6 Å². The quantitative estimate of drug-likeness (QED) is 0.782. The monoisotopic (exact) mass is 358 g/mol. The summed E-state index contributed by atoms with van der Waals surface area (Å²) in [5.41, 5.74) is 1.07. The summed E-state index contributed by atoms with van der Waals surface area (Å²) < 4.78 is 13.5. The third-order valence-corrected chi connectivity index (χ3v) is 3.59. The normalized spacial score (nSPS) is 11.1. The molecule has 0 spiro atoms. The molecule has 0 aliphatic rings. The number of aryl methyl sites for hydroxylation is 1. The van der Waals surface area contributed by atoms with Crippen LogP contribution in [0.5, 0.6) is 5.75 Å². The number of hydrogen-bond acceptors (Lipinski definition) is 3. The Bertz CT molecular complexity index is 841. The highest BCUT2D eigenvalue weighted by Crippen LogP contribution is 2.24. The summed E-state index contributed by atoms with van der Waals surface area (Å²) >= 11 is 0. The van der Waals surface area contributed by atoms with Gasteiger partial charge in [-0.05, 0) is 63.6 Å². The Kier molecular flexibility index (Phi) is 5.65. The standard InChI is InChI=1S/C20H23FN2O3/c1-12-8-15(21)9-14(18(12)25)11-17(24)22-16-7-5-6-13(10-16)19(26)23-20(2,3)4/h5-10,25H,11H2,1-4H3,(H,22,24)(H,23,26). The van der Waals surface area contributed by atoms with E-state index in [1.54, 1.807) is 31.2 Å². The van der Waals surface area contributed by atoms with Crippen LogP contribution in [0.4, 0.5) is 10.1 Å². The lowest BCUT2D eigenvalue weighted by molar-refractivity contribution is -0.115. The van der Waals surface area contributed by atoms with Gasteiger partial charge < -0.3 is 15.7 Å². The number of anilines is 1. The Morgan fingerprint density at radius 1 is 1.15 bits per heavy atom. The number of amides is 2. The van der Waals surface area contributed by atoms with E-state index >= 15 is 0 Å². The first-order valence-electron chi connectivity index (χ1n) is 8.25. The van der Waals surface area contributed by atoms with Gasteiger partial charge in [0.15, 0.2) is 0 Å². The highest BCUT2D eigenvalue weighted by Gasteiger charge is 2.16. The van der Waals surface area contributed by atoms with E-state index in [1.807, 2.05) is 20.8 Å². The lowest BCUT2D eigenvalue weighted by atomic mass is 10.1. The first-order chi connectivity index (χ1) is 12.0. The minimum Gasteiger partial charge on any atom is -0.507 e. The van der Waals surface area contributed by atoms with E-state index in [0.29, 0.717) is 16.8 Å². The molecule has 0 aliphatic heterocycles. The number of aromatic hydroxyl groups is 1. The van der Waals surface area contributed by atoms with E-state index in [-0.39, 0.29) is 29.2 Å². The first-order valence-corrected chi connectivity index (χ1v) is 8.25. The largest absolute Gasteiger partial charge is 0.507 e. The number of carbonyl (C=O) groups is 2. The molecule has 3 N–H and O–H groups in total. The summed E-state index contributed by atoms with van der Waals surface area (Å²) in [6.45, 7) is 7.20. The van der Waals surface area contributed by atoms with Gasteiger partial charge in [0.1, 0.15) is 11.6 Å². The Morgan fingerprint density at radius 2 is 1.85 bits per heavy atom. The number of nitrogens with one attached hydrogen (secondary N) is 2. The van der Waals surface area contributed by atoms with Crippen molar-refractivity contribution in [2.24, 2.45) is 0 Å². The van der Waals surface area contributed by atoms with Crippen molar-refractivity contribution in [1.29, 1.82) is 0 Å². The highest BCUT2D eigenvalue weighted by atomic mass is 19.1. The Hall–Kier alpha value is -2.89. The maximum atomic E-state index is 13.5. The molecule has 2 aromatic rings. The lowest BCUT2D eigenvalue weighted by Crippen LogP contribution is -2.40. The predicted octanol–water partition coefficient (Wildman–Crippen LogP) is 3.55. The van der Waals surface area contributed by atoms with Crippen LogP contribution in [0.2, 0.25) is 0 Å². The summed E-state index contributed by atoms with van der Waals surface area (Å²) in [4.78, 5) is 24.4. The van der Waals surface area contributed by atoms with E-state index in [1.165, 1.54) is 6.07 Å². The van der Waals surface area contributed by atoms with Crippen LogP contribution in [0.25, 0.3) is 0 Å². The molecular formula is C20H23FN2O3. The minimum absolute atomic E-state index is 0.0974. The molecule has 0 bridgehead atoms. The Morgan fingerprint density at radius 3 is 2.50 bits per heavy atom. The van der Waals surface area contributed by atoms with Crippen molar-refractivity contribution in [1.82, 2.24) is 5.32 Å². The predicted molar refractivity (Wildman–Crippen MR) is 98.8 cm³/mol. The summed E-state index contributed by atoms with van der Waals surface area (Å²) in [6, 6.07) is 8.87. The zero-order valence-corrected chi connectivity index (χ0v) is 15.3.